The van der Waals surface area contributed by atoms with E-state index in [0.717, 1.165) is 23.8 Å². The lowest BCUT2D eigenvalue weighted by Gasteiger charge is -2.13. The maximum atomic E-state index is 13.5. The highest BCUT2D eigenvalue weighted by Crippen LogP contribution is 2.54. The van der Waals surface area contributed by atoms with Gasteiger partial charge in [0.2, 0.25) is 0 Å². The second kappa shape index (κ2) is 7.56. The molecule has 0 aliphatic rings. The molecule has 2 aromatic rings. The van der Waals surface area contributed by atoms with E-state index in [9.17, 15) is 30.4 Å². The van der Waals surface area contributed by atoms with Gasteiger partial charge < -0.3 is 17.3 Å². The summed E-state index contributed by atoms with van der Waals surface area (Å²) in [5, 5.41) is 0.732. The lowest BCUT2D eigenvalue weighted by Crippen LogP contribution is -2.12. The Balaban J connectivity index is 0.000000550. The number of alkyl halides is 3. The van der Waals surface area contributed by atoms with Crippen LogP contribution in [-0.4, -0.2) is 7.25 Å². The maximum Gasteiger partial charge on any atom is 0.673 e. The van der Waals surface area contributed by atoms with Crippen LogP contribution < -0.4 is 0 Å². The van der Waals surface area contributed by atoms with Gasteiger partial charge >= 0.3 is 12.8 Å². The Labute approximate surface area is 145 Å². The Kier molecular flexibility index (Phi) is 6.59. The molecule has 25 heavy (non-hydrogen) atoms. The molecular formula is C16H20BF7S. The zero-order valence-electron chi connectivity index (χ0n) is 14.4. The van der Waals surface area contributed by atoms with Gasteiger partial charge in [-0.3, -0.25) is 0 Å². The predicted molar refractivity (Wildman–Crippen MR) is 90.6 cm³/mol. The van der Waals surface area contributed by atoms with E-state index in [1.54, 1.807) is 12.1 Å². The van der Waals surface area contributed by atoms with Crippen LogP contribution in [-0.2, 0) is 17.3 Å². The minimum Gasteiger partial charge on any atom is -0.418 e. The van der Waals surface area contributed by atoms with Gasteiger partial charge in [0.1, 0.15) is 0 Å². The van der Waals surface area contributed by atoms with Crippen LogP contribution in [0.4, 0.5) is 30.4 Å². The fourth-order valence-corrected chi connectivity index (χ4v) is 4.63. The van der Waals surface area contributed by atoms with Crippen molar-refractivity contribution in [3.63, 3.8) is 0 Å². The molecule has 0 saturated heterocycles. The minimum absolute atomic E-state index is 0.452. The molecule has 1 aromatic heterocycles. The number of fused-ring (bicyclic) bond motifs is 1. The monoisotopic (exact) mass is 388 g/mol. The second-order valence-corrected chi connectivity index (χ2v) is 8.58. The van der Waals surface area contributed by atoms with E-state index >= 15 is 0 Å². The largest absolute Gasteiger partial charge is 0.673 e. The van der Waals surface area contributed by atoms with Crippen molar-refractivity contribution in [2.45, 2.75) is 51.5 Å². The topological polar surface area (TPSA) is 0 Å². The zero-order chi connectivity index (χ0) is 19.6. The molecule has 1 aromatic carbocycles. The van der Waals surface area contributed by atoms with Crippen molar-refractivity contribution in [3.05, 3.63) is 34.7 Å². The van der Waals surface area contributed by atoms with Crippen LogP contribution in [0, 0.1) is 0 Å². The van der Waals surface area contributed by atoms with Crippen molar-refractivity contribution in [2.75, 3.05) is 0 Å². The molecule has 1 heterocycles. The summed E-state index contributed by atoms with van der Waals surface area (Å²) in [5.74, 6) is 0. The average Bonchev–Trinajstić information content (AvgIpc) is 2.75. The van der Waals surface area contributed by atoms with E-state index in [4.69, 9.17) is 0 Å². The van der Waals surface area contributed by atoms with Crippen LogP contribution in [0.25, 0.3) is 10.1 Å². The smallest absolute Gasteiger partial charge is 0.418 e. The highest BCUT2D eigenvalue weighted by molar-refractivity contribution is 7.38. The first kappa shape index (κ1) is 21.8. The fourth-order valence-electron chi connectivity index (χ4n) is 2.41. The van der Waals surface area contributed by atoms with Gasteiger partial charge in [0.05, 0.1) is 10.5 Å². The Hall–Kier alpha value is -1.25. The molecule has 0 spiro atoms. The molecule has 1 unspecified atom stereocenters. The molecule has 0 N–H and O–H groups in total. The molecular weight excluding hydrogens is 368 g/mol. The summed E-state index contributed by atoms with van der Waals surface area (Å²) in [6.07, 6.45) is 1.77. The lowest BCUT2D eigenvalue weighted by atomic mass is 9.94. The van der Waals surface area contributed by atoms with Crippen LogP contribution in [0.5, 0.6) is 0 Å². The number of benzene rings is 1. The zero-order valence-corrected chi connectivity index (χ0v) is 15.2. The average molecular weight is 388 g/mol. The summed E-state index contributed by atoms with van der Waals surface area (Å²) < 4.78 is 80.0. The van der Waals surface area contributed by atoms with Crippen LogP contribution in [0.2, 0.25) is 0 Å². The third-order valence-corrected chi connectivity index (χ3v) is 5.74. The third kappa shape index (κ3) is 6.53. The lowest BCUT2D eigenvalue weighted by molar-refractivity contribution is -0.0869. The summed E-state index contributed by atoms with van der Waals surface area (Å²) >= 11 is 0. The van der Waals surface area contributed by atoms with Crippen LogP contribution in [0.1, 0.15) is 44.6 Å². The molecule has 0 aliphatic heterocycles. The summed E-state index contributed by atoms with van der Waals surface area (Å²) in [6.45, 7) is 7.59. The van der Waals surface area contributed by atoms with Crippen LogP contribution >= 0.6 is 10.5 Å². The molecule has 9 heteroatoms. The highest BCUT2D eigenvalue weighted by atomic mass is 32.2. The standard InChI is InChI=1S/C16H20F3S.BF4/c1-5-6-11-7-8-12-10-14(15(2,3)4)20(13(12)9-11)16(17,18)19;2-1(3,4)5/h7-10H,5-6H2,1-4H3;/q+1;-1. The number of thiophene rings is 1. The van der Waals surface area contributed by atoms with Crippen molar-refractivity contribution < 1.29 is 30.4 Å². The number of aryl methyl sites for hydroxylation is 1. The highest BCUT2D eigenvalue weighted by Gasteiger charge is 2.50. The van der Waals surface area contributed by atoms with Gasteiger partial charge in [-0.2, -0.15) is 0 Å². The molecule has 0 radical (unpaired) electrons. The van der Waals surface area contributed by atoms with Crippen molar-refractivity contribution in [3.8, 4) is 0 Å². The molecule has 0 aliphatic carbocycles. The quantitative estimate of drug-likeness (QED) is 0.282. The van der Waals surface area contributed by atoms with Crippen LogP contribution in [0.3, 0.4) is 0 Å². The Bertz CT molecular complexity index is 702. The van der Waals surface area contributed by atoms with E-state index in [-0.39, 0.29) is 0 Å². The normalized spacial score (nSPS) is 13.6. The van der Waals surface area contributed by atoms with Gasteiger partial charge in [0.25, 0.3) is 0 Å². The molecule has 142 valence electrons. The Morgan fingerprint density at radius 3 is 1.88 bits per heavy atom. The van der Waals surface area contributed by atoms with Crippen molar-refractivity contribution >= 4 is 27.8 Å². The number of hydrogen-bond acceptors (Lipinski definition) is 0. The van der Waals surface area contributed by atoms with Gasteiger partial charge in [-0.1, -0.05) is 40.2 Å². The molecule has 0 nitrogen and oxygen atoms in total. The van der Waals surface area contributed by atoms with E-state index in [1.165, 1.54) is 0 Å². The number of rotatable bonds is 2. The summed E-state index contributed by atoms with van der Waals surface area (Å²) in [7, 11) is -7.78. The van der Waals surface area contributed by atoms with E-state index < -0.39 is 28.6 Å². The van der Waals surface area contributed by atoms with Gasteiger partial charge in [-0.15, -0.1) is 13.2 Å². The number of hydrogen-bond donors (Lipinski definition) is 0. The van der Waals surface area contributed by atoms with Gasteiger partial charge in [0.15, 0.2) is 9.58 Å². The minimum atomic E-state index is -6.00. The summed E-state index contributed by atoms with van der Waals surface area (Å²) in [6, 6.07) is 7.28. The molecule has 0 bridgehead atoms. The van der Waals surface area contributed by atoms with Crippen LogP contribution in [0.15, 0.2) is 24.3 Å². The summed E-state index contributed by atoms with van der Waals surface area (Å²) in [5.41, 5.74) is -3.67. The number of halogens is 7. The van der Waals surface area contributed by atoms with Crippen molar-refractivity contribution in [1.82, 2.24) is 0 Å². The Morgan fingerprint density at radius 1 is 0.960 bits per heavy atom. The molecule has 0 fully saturated rings. The summed E-state index contributed by atoms with van der Waals surface area (Å²) in [4.78, 5) is 0.494. The molecule has 0 saturated carbocycles. The van der Waals surface area contributed by atoms with Crippen molar-refractivity contribution in [1.29, 1.82) is 0 Å². The Morgan fingerprint density at radius 2 is 1.48 bits per heavy atom. The molecule has 1 atom stereocenters. The van der Waals surface area contributed by atoms with Gasteiger partial charge in [0, 0.05) is 22.9 Å². The first-order chi connectivity index (χ1) is 11.1. The molecule has 2 rings (SSSR count). The molecule has 0 amide bonds. The van der Waals surface area contributed by atoms with Gasteiger partial charge in [-0.05, 0) is 18.1 Å². The SMILES string of the molecule is CCCc1ccc2cc(C(C)(C)C)[s+](C(F)(F)F)c2c1.F[B-](F)(F)F. The predicted octanol–water partition coefficient (Wildman–Crippen LogP) is 7.62. The van der Waals surface area contributed by atoms with Crippen molar-refractivity contribution in [2.24, 2.45) is 0 Å². The fraction of sp³-hybridized carbons (Fsp3) is 0.500. The second-order valence-electron chi connectivity index (χ2n) is 6.63. The van der Waals surface area contributed by atoms with E-state index in [0.29, 0.717) is 9.58 Å². The van der Waals surface area contributed by atoms with E-state index in [1.807, 2.05) is 39.8 Å². The first-order valence-corrected chi connectivity index (χ1v) is 8.90. The first-order valence-electron chi connectivity index (χ1n) is 7.68. The van der Waals surface area contributed by atoms with E-state index in [2.05, 4.69) is 0 Å². The third-order valence-electron chi connectivity index (χ3n) is 3.31. The van der Waals surface area contributed by atoms with Gasteiger partial charge in [-0.25, -0.2) is 0 Å². The maximum absolute atomic E-state index is 13.5.